The number of hydrogen-bond acceptors (Lipinski definition) is 8. The Labute approximate surface area is 246 Å². The molecule has 0 unspecified atom stereocenters. The van der Waals surface area contributed by atoms with Gasteiger partial charge in [0.15, 0.2) is 5.82 Å². The minimum atomic E-state index is -4.90. The molecule has 0 aliphatic rings. The fourth-order valence-corrected chi connectivity index (χ4v) is 4.50. The second kappa shape index (κ2) is 13.0. The second-order valence-electron chi connectivity index (χ2n) is 9.54. The third-order valence-electron chi connectivity index (χ3n) is 6.65. The molecule has 12 heteroatoms. The first-order valence-electron chi connectivity index (χ1n) is 13.2. The summed E-state index contributed by atoms with van der Waals surface area (Å²) in [7, 11) is 3.08. The van der Waals surface area contributed by atoms with E-state index in [0.717, 1.165) is 17.3 Å². The first-order valence-corrected chi connectivity index (χ1v) is 13.2. The number of halogens is 4. The third-order valence-corrected chi connectivity index (χ3v) is 6.65. The number of carbonyl (C=O) groups excluding carboxylic acids is 1. The SMILES string of the molecule is CCOC(=O)c1cnc(-c2nc(N(Cc3ccc(OC)cc3)Cc3ccc(OC)cc3)cc(C)c2C(F)(F)F)c(F)c1N. The van der Waals surface area contributed by atoms with E-state index < -0.39 is 46.2 Å². The summed E-state index contributed by atoms with van der Waals surface area (Å²) in [6.07, 6.45) is -4.01. The number of methoxy groups -OCH3 is 2. The minimum Gasteiger partial charge on any atom is -0.497 e. The molecule has 0 atom stereocenters. The lowest BCUT2D eigenvalue weighted by Crippen LogP contribution is -2.25. The standard InChI is InChI=1S/C31H30F4N4O4/c1-5-43-30(40)23-15-37-29(26(32)27(23)36)28-25(31(33,34)35)18(2)14-24(38-28)39(16-19-6-10-21(41-3)11-7-19)17-20-8-12-22(42-4)13-9-20/h6-15H,5,16-17H2,1-4H3,(H2,36,37). The maximum atomic E-state index is 15.6. The molecule has 0 fully saturated rings. The smallest absolute Gasteiger partial charge is 0.418 e. The zero-order valence-electron chi connectivity index (χ0n) is 24.0. The minimum absolute atomic E-state index is 0.0130. The molecule has 0 spiro atoms. The lowest BCUT2D eigenvalue weighted by molar-refractivity contribution is -0.137. The van der Waals surface area contributed by atoms with E-state index in [-0.39, 0.29) is 31.1 Å². The quantitative estimate of drug-likeness (QED) is 0.161. The number of anilines is 2. The Bertz CT molecular complexity index is 1540. The molecule has 43 heavy (non-hydrogen) atoms. The summed E-state index contributed by atoms with van der Waals surface area (Å²) >= 11 is 0. The molecule has 0 bridgehead atoms. The van der Waals surface area contributed by atoms with E-state index >= 15 is 4.39 Å². The summed E-state index contributed by atoms with van der Waals surface area (Å²) in [6.45, 7) is 3.29. The van der Waals surface area contributed by atoms with Crippen LogP contribution in [0.1, 0.15) is 39.5 Å². The highest BCUT2D eigenvalue weighted by molar-refractivity contribution is 5.95. The topological polar surface area (TPSA) is 99.8 Å². The van der Waals surface area contributed by atoms with E-state index in [9.17, 15) is 18.0 Å². The predicted octanol–water partition coefficient (Wildman–Crippen LogP) is 6.59. The Morgan fingerprint density at radius 2 is 1.47 bits per heavy atom. The number of carbonyl (C=O) groups is 1. The lowest BCUT2D eigenvalue weighted by Gasteiger charge is -2.27. The van der Waals surface area contributed by atoms with Crippen molar-refractivity contribution < 1.29 is 36.6 Å². The Hall–Kier alpha value is -4.87. The van der Waals surface area contributed by atoms with Gasteiger partial charge < -0.3 is 24.8 Å². The van der Waals surface area contributed by atoms with Crippen LogP contribution in [0.4, 0.5) is 29.1 Å². The number of pyridine rings is 2. The van der Waals surface area contributed by atoms with Crippen LogP contribution in [-0.4, -0.2) is 36.8 Å². The molecule has 226 valence electrons. The maximum absolute atomic E-state index is 15.6. The summed E-state index contributed by atoms with van der Waals surface area (Å²) in [5, 5.41) is 0. The van der Waals surface area contributed by atoms with E-state index in [0.29, 0.717) is 11.5 Å². The molecule has 0 radical (unpaired) electrons. The van der Waals surface area contributed by atoms with Gasteiger partial charge in [0.1, 0.15) is 34.3 Å². The van der Waals surface area contributed by atoms with Gasteiger partial charge >= 0.3 is 12.1 Å². The van der Waals surface area contributed by atoms with Crippen LogP contribution in [0, 0.1) is 12.7 Å². The van der Waals surface area contributed by atoms with Crippen LogP contribution in [0.15, 0.2) is 60.8 Å². The number of alkyl halides is 3. The highest BCUT2D eigenvalue weighted by Gasteiger charge is 2.39. The largest absolute Gasteiger partial charge is 0.497 e. The van der Waals surface area contributed by atoms with Gasteiger partial charge in [-0.05, 0) is 60.9 Å². The van der Waals surface area contributed by atoms with Crippen molar-refractivity contribution >= 4 is 17.5 Å². The number of benzene rings is 2. The van der Waals surface area contributed by atoms with Crippen LogP contribution in [0.3, 0.4) is 0 Å². The molecule has 0 aliphatic carbocycles. The molecule has 4 aromatic rings. The Morgan fingerprint density at radius 3 is 1.93 bits per heavy atom. The van der Waals surface area contributed by atoms with Gasteiger partial charge in [-0.2, -0.15) is 13.2 Å². The summed E-state index contributed by atoms with van der Waals surface area (Å²) in [5.41, 5.74) is 3.55. The van der Waals surface area contributed by atoms with Crippen LogP contribution in [0.5, 0.6) is 11.5 Å². The van der Waals surface area contributed by atoms with Crippen LogP contribution in [0.2, 0.25) is 0 Å². The fourth-order valence-electron chi connectivity index (χ4n) is 4.50. The molecule has 2 aromatic carbocycles. The Balaban J connectivity index is 1.87. The number of ether oxygens (including phenoxy) is 3. The number of esters is 1. The van der Waals surface area contributed by atoms with Gasteiger partial charge in [-0.15, -0.1) is 0 Å². The van der Waals surface area contributed by atoms with Crippen LogP contribution < -0.4 is 20.1 Å². The van der Waals surface area contributed by atoms with Gasteiger partial charge in [0.2, 0.25) is 0 Å². The highest BCUT2D eigenvalue weighted by atomic mass is 19.4. The van der Waals surface area contributed by atoms with Crippen molar-refractivity contribution in [2.75, 3.05) is 31.5 Å². The number of hydrogen-bond donors (Lipinski definition) is 1. The average molecular weight is 599 g/mol. The molecule has 8 nitrogen and oxygen atoms in total. The first-order chi connectivity index (χ1) is 20.5. The van der Waals surface area contributed by atoms with E-state index in [4.69, 9.17) is 19.9 Å². The summed E-state index contributed by atoms with van der Waals surface area (Å²) in [5.74, 6) is -0.835. The van der Waals surface area contributed by atoms with Crippen molar-refractivity contribution in [1.29, 1.82) is 0 Å². The number of rotatable bonds is 10. The fraction of sp³-hybridized carbons (Fsp3) is 0.258. The van der Waals surface area contributed by atoms with Gasteiger partial charge in [-0.1, -0.05) is 24.3 Å². The molecule has 2 aromatic heterocycles. The maximum Gasteiger partial charge on any atom is 0.418 e. The van der Waals surface area contributed by atoms with E-state index in [1.54, 1.807) is 50.3 Å². The van der Waals surface area contributed by atoms with Crippen molar-refractivity contribution in [2.24, 2.45) is 0 Å². The molecular formula is C31H30F4N4O4. The number of nitrogen functional groups attached to an aromatic ring is 1. The number of aryl methyl sites for hydroxylation is 1. The zero-order valence-corrected chi connectivity index (χ0v) is 24.0. The summed E-state index contributed by atoms with van der Waals surface area (Å²) in [4.78, 5) is 22.1. The molecule has 0 amide bonds. The Morgan fingerprint density at radius 1 is 0.930 bits per heavy atom. The van der Waals surface area contributed by atoms with Crippen molar-refractivity contribution in [2.45, 2.75) is 33.1 Å². The number of nitrogens with zero attached hydrogens (tertiary/aromatic N) is 3. The van der Waals surface area contributed by atoms with Gasteiger partial charge in [0, 0.05) is 19.3 Å². The van der Waals surface area contributed by atoms with Crippen LogP contribution in [0.25, 0.3) is 11.4 Å². The summed E-state index contributed by atoms with van der Waals surface area (Å²) in [6, 6.07) is 15.7. The lowest BCUT2D eigenvalue weighted by atomic mass is 10.0. The molecule has 0 saturated heterocycles. The Kier molecular flexibility index (Phi) is 9.37. The molecule has 2 N–H and O–H groups in total. The monoisotopic (exact) mass is 598 g/mol. The van der Waals surface area contributed by atoms with Crippen molar-refractivity contribution in [3.63, 3.8) is 0 Å². The van der Waals surface area contributed by atoms with Crippen molar-refractivity contribution in [3.8, 4) is 22.9 Å². The second-order valence-corrected chi connectivity index (χ2v) is 9.54. The van der Waals surface area contributed by atoms with Gasteiger partial charge in [0.05, 0.1) is 32.1 Å². The zero-order chi connectivity index (χ0) is 31.3. The molecular weight excluding hydrogens is 568 g/mol. The van der Waals surface area contributed by atoms with Gasteiger partial charge in [-0.25, -0.2) is 14.2 Å². The molecule has 0 aliphatic heterocycles. The third kappa shape index (κ3) is 6.96. The summed E-state index contributed by atoms with van der Waals surface area (Å²) < 4.78 is 74.0. The van der Waals surface area contributed by atoms with E-state index in [1.165, 1.54) is 13.0 Å². The predicted molar refractivity (Wildman–Crippen MR) is 153 cm³/mol. The highest BCUT2D eigenvalue weighted by Crippen LogP contribution is 2.41. The van der Waals surface area contributed by atoms with Crippen molar-refractivity contribution in [1.82, 2.24) is 9.97 Å². The normalized spacial score (nSPS) is 11.3. The van der Waals surface area contributed by atoms with Gasteiger partial charge in [0.25, 0.3) is 0 Å². The van der Waals surface area contributed by atoms with Crippen LogP contribution >= 0.6 is 0 Å². The van der Waals surface area contributed by atoms with E-state index in [2.05, 4.69) is 9.97 Å². The average Bonchev–Trinajstić information content (AvgIpc) is 2.98. The number of nitrogens with two attached hydrogens (primary N) is 1. The first kappa shape index (κ1) is 31.1. The number of aromatic nitrogens is 2. The molecule has 0 saturated carbocycles. The van der Waals surface area contributed by atoms with Crippen LogP contribution in [-0.2, 0) is 24.0 Å². The molecule has 4 rings (SSSR count). The van der Waals surface area contributed by atoms with Gasteiger partial charge in [-0.3, -0.25) is 4.98 Å². The molecule has 2 heterocycles. The van der Waals surface area contributed by atoms with Crippen molar-refractivity contribution in [3.05, 3.63) is 94.4 Å². The van der Waals surface area contributed by atoms with E-state index in [1.807, 2.05) is 24.3 Å².